The monoisotopic (exact) mass is 1140 g/mol. The highest BCUT2D eigenvalue weighted by molar-refractivity contribution is 6.30. The molecule has 2 aliphatic rings. The number of fused-ring (bicyclic) bond motifs is 12. The summed E-state index contributed by atoms with van der Waals surface area (Å²) in [6, 6.07) is 114. The van der Waals surface area contributed by atoms with Gasteiger partial charge in [0.2, 0.25) is 0 Å². The quantitative estimate of drug-likeness (QED) is 0.140. The molecule has 0 fully saturated rings. The Bertz CT molecular complexity index is 5570. The zero-order valence-corrected chi connectivity index (χ0v) is 50.9. The molecule has 0 amide bonds. The van der Waals surface area contributed by atoms with Crippen molar-refractivity contribution in [3.8, 4) is 100 Å². The molecule has 422 valence electrons. The summed E-state index contributed by atoms with van der Waals surface area (Å²) in [7, 11) is 0. The van der Waals surface area contributed by atoms with E-state index in [0.717, 1.165) is 0 Å². The zero-order chi connectivity index (χ0) is 60.0. The first-order valence-corrected chi connectivity index (χ1v) is 31.8. The van der Waals surface area contributed by atoms with Crippen LogP contribution in [0.25, 0.3) is 165 Å². The first-order valence-electron chi connectivity index (χ1n) is 31.8. The lowest BCUT2D eigenvalue weighted by atomic mass is 9.78. The predicted octanol–water partition coefficient (Wildman–Crippen LogP) is 24.9. The van der Waals surface area contributed by atoms with Crippen molar-refractivity contribution in [1.82, 2.24) is 0 Å². The highest BCUT2D eigenvalue weighted by Crippen LogP contribution is 2.57. The third-order valence-electron chi connectivity index (χ3n) is 20.6. The van der Waals surface area contributed by atoms with Crippen LogP contribution < -0.4 is 0 Å². The van der Waals surface area contributed by atoms with E-state index in [1.807, 2.05) is 0 Å². The Labute approximate surface area is 525 Å². The van der Waals surface area contributed by atoms with E-state index in [1.165, 1.54) is 187 Å². The Hall–Kier alpha value is -10.9. The van der Waals surface area contributed by atoms with Gasteiger partial charge in [-0.05, 0) is 211 Å². The third kappa shape index (κ3) is 7.61. The summed E-state index contributed by atoms with van der Waals surface area (Å²) in [6.07, 6.45) is 0. The van der Waals surface area contributed by atoms with Crippen molar-refractivity contribution >= 4 is 64.6 Å². The highest BCUT2D eigenvalue weighted by atomic mass is 14.4. The van der Waals surface area contributed by atoms with E-state index in [2.05, 4.69) is 331 Å². The average Bonchev–Trinajstić information content (AvgIpc) is 0.958. The van der Waals surface area contributed by atoms with Gasteiger partial charge < -0.3 is 0 Å². The largest absolute Gasteiger partial charge is 0.0622 e. The fourth-order valence-corrected chi connectivity index (χ4v) is 16.5. The summed E-state index contributed by atoms with van der Waals surface area (Å²) in [6.45, 7) is 9.74. The van der Waals surface area contributed by atoms with Gasteiger partial charge in [0, 0.05) is 10.8 Å². The van der Waals surface area contributed by atoms with Crippen molar-refractivity contribution in [2.75, 3.05) is 0 Å². The van der Waals surface area contributed by atoms with Crippen LogP contribution in [0.3, 0.4) is 0 Å². The molecule has 0 heterocycles. The van der Waals surface area contributed by atoms with Crippen LogP contribution in [-0.2, 0) is 10.8 Å². The van der Waals surface area contributed by atoms with Gasteiger partial charge in [0.15, 0.2) is 0 Å². The van der Waals surface area contributed by atoms with Crippen LogP contribution in [0.15, 0.2) is 303 Å². The lowest BCUT2D eigenvalue weighted by Gasteiger charge is -2.25. The Balaban J connectivity index is 0.732. The van der Waals surface area contributed by atoms with Crippen molar-refractivity contribution in [3.63, 3.8) is 0 Å². The molecular weight excluding hydrogens is 1080 g/mol. The second kappa shape index (κ2) is 19.8. The molecular formula is C90H62. The molecule has 16 aromatic rings. The maximum Gasteiger partial charge on any atom is 0.0159 e. The topological polar surface area (TPSA) is 0 Å². The molecule has 0 nitrogen and oxygen atoms in total. The SMILES string of the molecule is CC1(C)c2cc(-c3ccc4c(c3)C(C)(C)c3cc(-c5c6ccccc6c(-c6ccccc6)c6cccc(-c7ccccc7)c56)ccc3-4)ccc2-c2ccc(-c3c4ccccc4c(-c4c5ccccc5c(-c5ccccc5)c5ccccc45)c4ccccc34)cc21. The van der Waals surface area contributed by atoms with E-state index in [4.69, 9.17) is 0 Å². The summed E-state index contributed by atoms with van der Waals surface area (Å²) in [4.78, 5) is 0. The summed E-state index contributed by atoms with van der Waals surface area (Å²) < 4.78 is 0. The van der Waals surface area contributed by atoms with Gasteiger partial charge in [-0.1, -0.05) is 307 Å². The molecule has 0 N–H and O–H groups in total. The second-order valence-electron chi connectivity index (χ2n) is 26.1. The van der Waals surface area contributed by atoms with E-state index in [1.54, 1.807) is 0 Å². The third-order valence-corrected chi connectivity index (χ3v) is 20.6. The van der Waals surface area contributed by atoms with E-state index in [0.29, 0.717) is 0 Å². The predicted molar refractivity (Wildman–Crippen MR) is 385 cm³/mol. The van der Waals surface area contributed by atoms with Crippen LogP contribution in [0.5, 0.6) is 0 Å². The fourth-order valence-electron chi connectivity index (χ4n) is 16.5. The molecule has 90 heavy (non-hydrogen) atoms. The summed E-state index contributed by atoms with van der Waals surface area (Å²) in [5.74, 6) is 0. The molecule has 0 aromatic heterocycles. The Morgan fingerprint density at radius 2 is 0.422 bits per heavy atom. The van der Waals surface area contributed by atoms with Gasteiger partial charge in [0.1, 0.15) is 0 Å². The van der Waals surface area contributed by atoms with E-state index < -0.39 is 0 Å². The molecule has 2 aliphatic carbocycles. The van der Waals surface area contributed by atoms with Gasteiger partial charge in [-0.2, -0.15) is 0 Å². The highest BCUT2D eigenvalue weighted by Gasteiger charge is 2.39. The van der Waals surface area contributed by atoms with Crippen LogP contribution in [0, 0.1) is 0 Å². The van der Waals surface area contributed by atoms with Gasteiger partial charge in [-0.25, -0.2) is 0 Å². The number of hydrogen-bond acceptors (Lipinski definition) is 0. The number of rotatable bonds is 7. The normalized spacial score (nSPS) is 13.5. The van der Waals surface area contributed by atoms with Crippen molar-refractivity contribution in [2.24, 2.45) is 0 Å². The molecule has 18 rings (SSSR count). The molecule has 0 aliphatic heterocycles. The second-order valence-corrected chi connectivity index (χ2v) is 26.1. The summed E-state index contributed by atoms with van der Waals surface area (Å²) >= 11 is 0. The Kier molecular flexibility index (Phi) is 11.5. The molecule has 0 heteroatoms. The van der Waals surface area contributed by atoms with Crippen LogP contribution in [0.4, 0.5) is 0 Å². The minimum absolute atomic E-state index is 0.252. The molecule has 16 aromatic carbocycles. The molecule has 0 bridgehead atoms. The number of benzene rings is 16. The minimum Gasteiger partial charge on any atom is -0.0622 e. The lowest BCUT2D eigenvalue weighted by Crippen LogP contribution is -2.15. The fraction of sp³-hybridized carbons (Fsp3) is 0.0667. The van der Waals surface area contributed by atoms with Crippen molar-refractivity contribution < 1.29 is 0 Å². The molecule has 0 spiro atoms. The first kappa shape index (κ1) is 52.2. The standard InChI is InChI=1S/C90H62/c1-89(2)78-51-58(59-44-48-64-66-50-46-61(54-81(66)90(3,4)79(64)52-59)85-72-36-19-14-31-67(72)83(57-29-12-7-13-30-57)77-42-24-41-62(86(77)85)55-25-8-5-9-26-55)43-47-63(78)65-49-45-60(53-80(65)89)84-70-34-17-22-39-75(70)88(76-40-23-18-35-71(76)84)87-73-37-20-15-32-68(73)82(56-27-10-6-11-28-56)69-33-16-21-38-74(69)87/h5-54H,1-4H3. The molecule has 0 saturated carbocycles. The minimum atomic E-state index is -0.253. The molecule has 0 unspecified atom stereocenters. The molecule has 0 saturated heterocycles. The van der Waals surface area contributed by atoms with Crippen LogP contribution in [-0.4, -0.2) is 0 Å². The summed E-state index contributed by atoms with van der Waals surface area (Å²) in [5, 5.41) is 15.2. The van der Waals surface area contributed by atoms with Gasteiger partial charge >= 0.3 is 0 Å². The number of hydrogen-bond donors (Lipinski definition) is 0. The van der Waals surface area contributed by atoms with Gasteiger partial charge in [0.25, 0.3) is 0 Å². The average molecular weight is 1140 g/mol. The maximum absolute atomic E-state index is 2.53. The van der Waals surface area contributed by atoms with Gasteiger partial charge in [0.05, 0.1) is 0 Å². The van der Waals surface area contributed by atoms with Crippen molar-refractivity contribution in [1.29, 1.82) is 0 Å². The van der Waals surface area contributed by atoms with Gasteiger partial charge in [-0.3, -0.25) is 0 Å². The van der Waals surface area contributed by atoms with Gasteiger partial charge in [-0.15, -0.1) is 0 Å². The molecule has 0 radical (unpaired) electrons. The van der Waals surface area contributed by atoms with E-state index in [9.17, 15) is 0 Å². The van der Waals surface area contributed by atoms with Crippen LogP contribution in [0.2, 0.25) is 0 Å². The Morgan fingerprint density at radius 1 is 0.167 bits per heavy atom. The lowest BCUT2D eigenvalue weighted by molar-refractivity contribution is 0.660. The summed E-state index contributed by atoms with van der Waals surface area (Å²) in [5.41, 5.74) is 27.9. The first-order chi connectivity index (χ1) is 44.2. The molecule has 0 atom stereocenters. The van der Waals surface area contributed by atoms with Crippen molar-refractivity contribution in [2.45, 2.75) is 38.5 Å². The van der Waals surface area contributed by atoms with Crippen LogP contribution >= 0.6 is 0 Å². The zero-order valence-electron chi connectivity index (χ0n) is 50.9. The van der Waals surface area contributed by atoms with E-state index >= 15 is 0 Å². The van der Waals surface area contributed by atoms with Crippen molar-refractivity contribution in [3.05, 3.63) is 326 Å². The maximum atomic E-state index is 2.53. The Morgan fingerprint density at radius 3 is 0.789 bits per heavy atom. The van der Waals surface area contributed by atoms with Crippen LogP contribution in [0.1, 0.15) is 49.9 Å². The van der Waals surface area contributed by atoms with E-state index in [-0.39, 0.29) is 10.8 Å². The smallest absolute Gasteiger partial charge is 0.0159 e.